The van der Waals surface area contributed by atoms with Crippen LogP contribution in [-0.4, -0.2) is 46.8 Å². The maximum atomic E-state index is 12.6. The van der Waals surface area contributed by atoms with Crippen LogP contribution in [0.15, 0.2) is 12.5 Å². The van der Waals surface area contributed by atoms with Crippen LogP contribution in [0, 0.1) is 0 Å². The van der Waals surface area contributed by atoms with E-state index in [1.165, 1.54) is 0 Å². The molecule has 2 amide bonds. The highest BCUT2D eigenvalue weighted by Crippen LogP contribution is 2.30. The van der Waals surface area contributed by atoms with Gasteiger partial charge in [-0.3, -0.25) is 0 Å². The molecule has 2 rings (SSSR count). The van der Waals surface area contributed by atoms with Crippen molar-refractivity contribution < 1.29 is 9.53 Å². The van der Waals surface area contributed by atoms with Gasteiger partial charge in [-0.1, -0.05) is 0 Å². The lowest BCUT2D eigenvalue weighted by atomic mass is 10.00. The van der Waals surface area contributed by atoms with E-state index in [-0.39, 0.29) is 18.1 Å². The number of urea groups is 1. The van der Waals surface area contributed by atoms with E-state index in [0.29, 0.717) is 6.61 Å². The summed E-state index contributed by atoms with van der Waals surface area (Å²) in [6.45, 7) is 6.47. The number of hydrogen-bond acceptors (Lipinski definition) is 3. The fourth-order valence-corrected chi connectivity index (χ4v) is 3.02. The number of likely N-dealkylation sites (tertiary alicyclic amines) is 1. The van der Waals surface area contributed by atoms with Gasteiger partial charge in [-0.15, -0.1) is 0 Å². The first-order chi connectivity index (χ1) is 10.7. The summed E-state index contributed by atoms with van der Waals surface area (Å²) < 4.78 is 7.20. The van der Waals surface area contributed by atoms with Crippen molar-refractivity contribution in [2.45, 2.75) is 58.2 Å². The molecule has 6 heteroatoms. The van der Waals surface area contributed by atoms with Crippen LogP contribution in [0.25, 0.3) is 0 Å². The SMILES string of the molecule is CCn1cncc1C1CCCCN1C(=O)NC(C)CCOC. The van der Waals surface area contributed by atoms with Gasteiger partial charge in [0.2, 0.25) is 0 Å². The molecule has 1 aliphatic heterocycles. The van der Waals surface area contributed by atoms with Gasteiger partial charge in [-0.05, 0) is 39.5 Å². The van der Waals surface area contributed by atoms with E-state index in [1.54, 1.807) is 7.11 Å². The first-order valence-corrected chi connectivity index (χ1v) is 8.23. The second-order valence-corrected chi connectivity index (χ2v) is 5.94. The summed E-state index contributed by atoms with van der Waals surface area (Å²) in [6.07, 6.45) is 7.80. The summed E-state index contributed by atoms with van der Waals surface area (Å²) >= 11 is 0. The predicted molar refractivity (Wildman–Crippen MR) is 85.7 cm³/mol. The maximum Gasteiger partial charge on any atom is 0.318 e. The molecular formula is C16H28N4O2. The van der Waals surface area contributed by atoms with Crippen molar-refractivity contribution in [1.82, 2.24) is 19.8 Å². The molecule has 0 spiro atoms. The van der Waals surface area contributed by atoms with Crippen molar-refractivity contribution in [3.8, 4) is 0 Å². The van der Waals surface area contributed by atoms with Gasteiger partial charge >= 0.3 is 6.03 Å². The molecule has 2 unspecified atom stereocenters. The lowest BCUT2D eigenvalue weighted by molar-refractivity contribution is 0.141. The molecule has 1 N–H and O–H groups in total. The molecule has 1 saturated heterocycles. The molecule has 1 fully saturated rings. The van der Waals surface area contributed by atoms with E-state index < -0.39 is 0 Å². The highest BCUT2D eigenvalue weighted by atomic mass is 16.5. The number of aromatic nitrogens is 2. The zero-order valence-corrected chi connectivity index (χ0v) is 13.9. The van der Waals surface area contributed by atoms with Crippen LogP contribution >= 0.6 is 0 Å². The Morgan fingerprint density at radius 2 is 2.36 bits per heavy atom. The molecule has 22 heavy (non-hydrogen) atoms. The minimum absolute atomic E-state index is 0.0251. The molecular weight excluding hydrogens is 280 g/mol. The van der Waals surface area contributed by atoms with Crippen LogP contribution in [-0.2, 0) is 11.3 Å². The van der Waals surface area contributed by atoms with E-state index in [4.69, 9.17) is 4.74 Å². The third kappa shape index (κ3) is 4.00. The van der Waals surface area contributed by atoms with Crippen LogP contribution in [0.4, 0.5) is 4.79 Å². The minimum Gasteiger partial charge on any atom is -0.385 e. The van der Waals surface area contributed by atoms with Crippen LogP contribution in [0.3, 0.4) is 0 Å². The quantitative estimate of drug-likeness (QED) is 0.878. The summed E-state index contributed by atoms with van der Waals surface area (Å²) in [5, 5.41) is 3.09. The van der Waals surface area contributed by atoms with Crippen molar-refractivity contribution in [2.75, 3.05) is 20.3 Å². The van der Waals surface area contributed by atoms with Crippen molar-refractivity contribution in [3.05, 3.63) is 18.2 Å². The molecule has 2 atom stereocenters. The van der Waals surface area contributed by atoms with Crippen molar-refractivity contribution in [1.29, 1.82) is 0 Å². The van der Waals surface area contributed by atoms with Gasteiger partial charge in [0.05, 0.1) is 24.3 Å². The Labute approximate surface area is 132 Å². The van der Waals surface area contributed by atoms with Gasteiger partial charge in [-0.25, -0.2) is 9.78 Å². The number of ether oxygens (including phenoxy) is 1. The van der Waals surface area contributed by atoms with E-state index in [1.807, 2.05) is 24.3 Å². The molecule has 124 valence electrons. The molecule has 0 aromatic carbocycles. The van der Waals surface area contributed by atoms with E-state index >= 15 is 0 Å². The number of aryl methyl sites for hydroxylation is 1. The number of rotatable bonds is 6. The molecule has 6 nitrogen and oxygen atoms in total. The fraction of sp³-hybridized carbons (Fsp3) is 0.750. The van der Waals surface area contributed by atoms with Gasteiger partial charge < -0.3 is 19.5 Å². The Morgan fingerprint density at radius 3 is 3.09 bits per heavy atom. The van der Waals surface area contributed by atoms with Gasteiger partial charge in [0.15, 0.2) is 0 Å². The molecule has 0 aliphatic carbocycles. The Morgan fingerprint density at radius 1 is 1.55 bits per heavy atom. The molecule has 1 aromatic rings. The highest BCUT2D eigenvalue weighted by molar-refractivity contribution is 5.75. The van der Waals surface area contributed by atoms with Crippen molar-refractivity contribution in [3.63, 3.8) is 0 Å². The second kappa shape index (κ2) is 8.17. The van der Waals surface area contributed by atoms with E-state index in [2.05, 4.69) is 21.8 Å². The molecule has 0 bridgehead atoms. The van der Waals surface area contributed by atoms with Crippen LogP contribution in [0.2, 0.25) is 0 Å². The van der Waals surface area contributed by atoms with E-state index in [9.17, 15) is 4.79 Å². The highest BCUT2D eigenvalue weighted by Gasteiger charge is 2.30. The first-order valence-electron chi connectivity index (χ1n) is 8.23. The Bertz CT molecular complexity index is 474. The lowest BCUT2D eigenvalue weighted by Gasteiger charge is -2.36. The average molecular weight is 308 g/mol. The summed E-state index contributed by atoms with van der Waals surface area (Å²) in [4.78, 5) is 18.8. The maximum absolute atomic E-state index is 12.6. The van der Waals surface area contributed by atoms with Crippen LogP contribution in [0.5, 0.6) is 0 Å². The number of nitrogens with one attached hydrogen (secondary N) is 1. The third-order valence-electron chi connectivity index (χ3n) is 4.32. The molecule has 0 radical (unpaired) electrons. The smallest absolute Gasteiger partial charge is 0.318 e. The monoisotopic (exact) mass is 308 g/mol. The Hall–Kier alpha value is -1.56. The summed E-state index contributed by atoms with van der Waals surface area (Å²) in [5.74, 6) is 0. The normalized spacial score (nSPS) is 20.0. The van der Waals surface area contributed by atoms with Gasteiger partial charge in [0, 0.05) is 32.8 Å². The number of amides is 2. The van der Waals surface area contributed by atoms with Crippen LogP contribution < -0.4 is 5.32 Å². The minimum atomic E-state index is 0.0251. The van der Waals surface area contributed by atoms with Gasteiger partial charge in [0.25, 0.3) is 0 Å². The zero-order valence-electron chi connectivity index (χ0n) is 13.9. The molecule has 1 aliphatic rings. The average Bonchev–Trinajstić information content (AvgIpc) is 3.01. The standard InChI is InChI=1S/C16H28N4O2/c1-4-19-12-17-11-15(19)14-7-5-6-9-20(14)16(21)18-13(2)8-10-22-3/h11-14H,4-10H2,1-3H3,(H,18,21). The number of carbonyl (C=O) groups is 1. The summed E-state index contributed by atoms with van der Waals surface area (Å²) in [7, 11) is 1.68. The lowest BCUT2D eigenvalue weighted by Crippen LogP contribution is -2.48. The number of methoxy groups -OCH3 is 1. The van der Waals surface area contributed by atoms with Crippen LogP contribution in [0.1, 0.15) is 51.3 Å². The summed E-state index contributed by atoms with van der Waals surface area (Å²) in [5.41, 5.74) is 1.14. The van der Waals surface area contributed by atoms with Crippen molar-refractivity contribution >= 4 is 6.03 Å². The fourth-order valence-electron chi connectivity index (χ4n) is 3.02. The number of carbonyl (C=O) groups excluding carboxylic acids is 1. The number of hydrogen-bond donors (Lipinski definition) is 1. The Balaban J connectivity index is 2.04. The number of nitrogens with zero attached hydrogens (tertiary/aromatic N) is 3. The Kier molecular flexibility index (Phi) is 6.24. The number of piperidine rings is 1. The largest absolute Gasteiger partial charge is 0.385 e. The topological polar surface area (TPSA) is 59.4 Å². The molecule has 0 saturated carbocycles. The number of imidazole rings is 1. The predicted octanol–water partition coefficient (Wildman–Crippen LogP) is 2.56. The van der Waals surface area contributed by atoms with Crippen molar-refractivity contribution in [2.24, 2.45) is 0 Å². The third-order valence-corrected chi connectivity index (χ3v) is 4.32. The second-order valence-electron chi connectivity index (χ2n) is 5.94. The first kappa shape index (κ1) is 16.8. The van der Waals surface area contributed by atoms with E-state index in [0.717, 1.165) is 44.5 Å². The summed E-state index contributed by atoms with van der Waals surface area (Å²) in [6, 6.07) is 0.272. The molecule has 1 aromatic heterocycles. The zero-order chi connectivity index (χ0) is 15.9. The van der Waals surface area contributed by atoms with Gasteiger partial charge in [0.1, 0.15) is 0 Å². The van der Waals surface area contributed by atoms with Gasteiger partial charge in [-0.2, -0.15) is 0 Å². The molecule has 2 heterocycles.